The molecule has 26 heavy (non-hydrogen) atoms. The van der Waals surface area contributed by atoms with Crippen LogP contribution >= 0.6 is 0 Å². The summed E-state index contributed by atoms with van der Waals surface area (Å²) < 4.78 is 61.2. The molecule has 0 spiro atoms. The fourth-order valence-corrected chi connectivity index (χ4v) is 3.42. The molecule has 0 radical (unpaired) electrons. The van der Waals surface area contributed by atoms with Crippen LogP contribution < -0.4 is 14.4 Å². The van der Waals surface area contributed by atoms with Gasteiger partial charge in [-0.15, -0.1) is 0 Å². The molecule has 2 aliphatic heterocycles. The number of ether oxygens (including phenoxy) is 2. The van der Waals surface area contributed by atoms with Crippen LogP contribution in [0.1, 0.15) is 6.42 Å². The van der Waals surface area contributed by atoms with Gasteiger partial charge < -0.3 is 9.47 Å². The summed E-state index contributed by atoms with van der Waals surface area (Å²) in [5.74, 6) is -2.48. The number of alkyl halides is 4. The number of fused-ring (bicyclic) bond motifs is 4. The first kappa shape index (κ1) is 15.2. The van der Waals surface area contributed by atoms with Crippen LogP contribution in [0, 0.1) is 0 Å². The third-order valence-electron chi connectivity index (χ3n) is 4.59. The fourth-order valence-electron chi connectivity index (χ4n) is 3.42. The quantitative estimate of drug-likeness (QED) is 0.567. The molecule has 4 aliphatic rings. The predicted octanol–water partition coefficient (Wildman–Crippen LogP) is 3.08. The van der Waals surface area contributed by atoms with Crippen LogP contribution in [0.25, 0.3) is 0 Å². The Labute approximate surface area is 142 Å². The zero-order valence-electron chi connectivity index (χ0n) is 12.7. The maximum atomic E-state index is 13.4. The van der Waals surface area contributed by atoms with Gasteiger partial charge in [0.1, 0.15) is 0 Å². The van der Waals surface area contributed by atoms with Crippen LogP contribution in [0.2, 0.25) is 0 Å². The van der Waals surface area contributed by atoms with E-state index in [9.17, 15) is 27.2 Å². The van der Waals surface area contributed by atoms with Crippen molar-refractivity contribution in [1.29, 1.82) is 0 Å². The summed E-state index contributed by atoms with van der Waals surface area (Å²) in [6.45, 7) is 0. The summed E-state index contributed by atoms with van der Waals surface area (Å²) >= 11 is 0. The standard InChI is InChI=1S/C17H7F4NO4/c18-16(19)17(20,21)26-11-6-9(3-4-10(11)25-16)22-14(23)12-7-1-2-8(5-7)13(12)15(22)24/h1-4,6H,5H2. The maximum absolute atomic E-state index is 13.4. The predicted molar refractivity (Wildman–Crippen MR) is 77.9 cm³/mol. The van der Waals surface area contributed by atoms with Crippen molar-refractivity contribution in [3.8, 4) is 11.5 Å². The topological polar surface area (TPSA) is 55.8 Å². The molecule has 1 aromatic rings. The summed E-state index contributed by atoms with van der Waals surface area (Å²) in [5.41, 5.74) is 1.95. The van der Waals surface area contributed by atoms with Gasteiger partial charge in [0.05, 0.1) is 16.8 Å². The number of benzene rings is 1. The SMILES string of the molecule is O=C1C2=C3C=CC(=C2C(=O)N1c1ccc2c(c1)OC(F)(F)C(F)(F)O2)C3. The van der Waals surface area contributed by atoms with Crippen LogP contribution in [-0.4, -0.2) is 24.0 Å². The zero-order valence-corrected chi connectivity index (χ0v) is 12.7. The number of carbonyl (C=O) groups excluding carboxylic acids is 2. The lowest BCUT2D eigenvalue weighted by atomic mass is 10.1. The summed E-state index contributed by atoms with van der Waals surface area (Å²) in [5, 5.41) is 0. The molecule has 1 saturated heterocycles. The third-order valence-corrected chi connectivity index (χ3v) is 4.59. The molecule has 132 valence electrons. The first-order valence-electron chi connectivity index (χ1n) is 7.51. The molecule has 0 N–H and O–H groups in total. The minimum absolute atomic E-state index is 0.0710. The average molecular weight is 365 g/mol. The van der Waals surface area contributed by atoms with E-state index in [2.05, 4.69) is 9.47 Å². The Balaban J connectivity index is 1.57. The van der Waals surface area contributed by atoms with Gasteiger partial charge in [-0.05, 0) is 29.7 Å². The Bertz CT molecular complexity index is 982. The van der Waals surface area contributed by atoms with Crippen molar-refractivity contribution in [1.82, 2.24) is 0 Å². The second-order valence-corrected chi connectivity index (χ2v) is 6.13. The van der Waals surface area contributed by atoms with Crippen molar-refractivity contribution in [3.05, 3.63) is 52.6 Å². The van der Waals surface area contributed by atoms with Crippen molar-refractivity contribution in [2.45, 2.75) is 18.6 Å². The second-order valence-electron chi connectivity index (χ2n) is 6.13. The van der Waals surface area contributed by atoms with Gasteiger partial charge in [0.25, 0.3) is 11.8 Å². The van der Waals surface area contributed by atoms with Crippen molar-refractivity contribution < 1.29 is 36.6 Å². The van der Waals surface area contributed by atoms with E-state index < -0.39 is 35.5 Å². The van der Waals surface area contributed by atoms with Gasteiger partial charge in [0, 0.05) is 6.07 Å². The summed E-state index contributed by atoms with van der Waals surface area (Å²) in [7, 11) is 0. The molecule has 9 heteroatoms. The summed E-state index contributed by atoms with van der Waals surface area (Å²) in [4.78, 5) is 26.1. The molecule has 2 heterocycles. The van der Waals surface area contributed by atoms with Gasteiger partial charge in [-0.1, -0.05) is 12.2 Å². The number of nitrogens with zero attached hydrogens (tertiary/aromatic N) is 1. The largest absolute Gasteiger partial charge is 0.507 e. The highest BCUT2D eigenvalue weighted by molar-refractivity contribution is 6.38. The molecule has 1 aromatic carbocycles. The van der Waals surface area contributed by atoms with E-state index in [1.807, 2.05) is 0 Å². The second kappa shape index (κ2) is 4.35. The molecule has 0 atom stereocenters. The highest BCUT2D eigenvalue weighted by Gasteiger charge is 2.66. The van der Waals surface area contributed by atoms with Gasteiger partial charge in [-0.2, -0.15) is 17.6 Å². The number of carbonyl (C=O) groups is 2. The Morgan fingerprint density at radius 1 is 0.846 bits per heavy atom. The number of hydrogen-bond donors (Lipinski definition) is 0. The third kappa shape index (κ3) is 1.69. The summed E-state index contributed by atoms with van der Waals surface area (Å²) in [6, 6.07) is 3.01. The number of halogens is 4. The molecule has 5 rings (SSSR count). The number of anilines is 1. The number of allylic oxidation sites excluding steroid dienone is 4. The van der Waals surface area contributed by atoms with Gasteiger partial charge in [0.15, 0.2) is 11.5 Å². The van der Waals surface area contributed by atoms with E-state index in [1.54, 1.807) is 12.2 Å². The van der Waals surface area contributed by atoms with E-state index in [0.29, 0.717) is 17.6 Å². The van der Waals surface area contributed by atoms with Gasteiger partial charge in [0.2, 0.25) is 0 Å². The number of rotatable bonds is 1. The molecule has 2 bridgehead atoms. The molecule has 2 amide bonds. The monoisotopic (exact) mass is 365 g/mol. The smallest absolute Gasteiger partial charge is 0.421 e. The number of hydrogen-bond acceptors (Lipinski definition) is 4. The van der Waals surface area contributed by atoms with Crippen molar-refractivity contribution in [2.75, 3.05) is 4.90 Å². The highest BCUT2D eigenvalue weighted by Crippen LogP contribution is 2.50. The maximum Gasteiger partial charge on any atom is 0.507 e. The van der Waals surface area contributed by atoms with Crippen molar-refractivity contribution >= 4 is 17.5 Å². The minimum atomic E-state index is -4.88. The van der Waals surface area contributed by atoms with E-state index >= 15 is 0 Å². The fraction of sp³-hybridized carbons (Fsp3) is 0.176. The van der Waals surface area contributed by atoms with E-state index in [1.165, 1.54) is 0 Å². The van der Waals surface area contributed by atoms with Crippen molar-refractivity contribution in [2.24, 2.45) is 0 Å². The van der Waals surface area contributed by atoms with E-state index in [-0.39, 0.29) is 5.69 Å². The van der Waals surface area contributed by atoms with Gasteiger partial charge >= 0.3 is 12.2 Å². The molecule has 0 saturated carbocycles. The lowest BCUT2D eigenvalue weighted by Gasteiger charge is -2.32. The average Bonchev–Trinajstić information content (AvgIpc) is 3.22. The Hall–Kier alpha value is -3.10. The zero-order chi connectivity index (χ0) is 18.4. The normalized spacial score (nSPS) is 24.1. The molecular formula is C17H7F4NO4. The Morgan fingerprint density at radius 2 is 1.38 bits per heavy atom. The summed E-state index contributed by atoms with van der Waals surface area (Å²) in [6.07, 6.45) is -5.71. The molecule has 5 nitrogen and oxygen atoms in total. The highest BCUT2D eigenvalue weighted by atomic mass is 19.3. The van der Waals surface area contributed by atoms with Gasteiger partial charge in [-0.3, -0.25) is 9.59 Å². The first-order chi connectivity index (χ1) is 12.2. The lowest BCUT2D eigenvalue weighted by Crippen LogP contribution is -2.52. The van der Waals surface area contributed by atoms with Crippen molar-refractivity contribution in [3.63, 3.8) is 0 Å². The molecule has 2 aliphatic carbocycles. The van der Waals surface area contributed by atoms with Crippen LogP contribution in [0.15, 0.2) is 52.6 Å². The van der Waals surface area contributed by atoms with E-state index in [4.69, 9.17) is 0 Å². The van der Waals surface area contributed by atoms with Crippen LogP contribution in [0.4, 0.5) is 23.2 Å². The minimum Gasteiger partial charge on any atom is -0.421 e. The van der Waals surface area contributed by atoms with E-state index in [0.717, 1.165) is 34.2 Å². The Morgan fingerprint density at radius 3 is 1.96 bits per heavy atom. The number of imide groups is 1. The van der Waals surface area contributed by atoms with Crippen LogP contribution in [0.5, 0.6) is 11.5 Å². The molecule has 0 unspecified atom stereocenters. The molecule has 1 fully saturated rings. The van der Waals surface area contributed by atoms with Crippen LogP contribution in [0.3, 0.4) is 0 Å². The van der Waals surface area contributed by atoms with Crippen LogP contribution in [-0.2, 0) is 9.59 Å². The lowest BCUT2D eigenvalue weighted by molar-refractivity contribution is -0.391. The number of amides is 2. The molecular weight excluding hydrogens is 358 g/mol. The molecule has 0 aromatic heterocycles. The Kier molecular flexibility index (Phi) is 2.54. The van der Waals surface area contributed by atoms with Gasteiger partial charge in [-0.25, -0.2) is 4.90 Å². The first-order valence-corrected chi connectivity index (χ1v) is 7.51.